The highest BCUT2D eigenvalue weighted by molar-refractivity contribution is 5.84. The largest absolute Gasteiger partial charge is 0.480 e. The van der Waals surface area contributed by atoms with Crippen molar-refractivity contribution in [3.8, 4) is 0 Å². The Hall–Kier alpha value is -2.05. The van der Waals surface area contributed by atoms with Crippen LogP contribution in [0.2, 0.25) is 0 Å². The molecule has 4 nitrogen and oxygen atoms in total. The summed E-state index contributed by atoms with van der Waals surface area (Å²) in [6, 6.07) is 6.19. The average Bonchev–Trinajstić information content (AvgIpc) is 2.94. The third-order valence-corrected chi connectivity index (χ3v) is 3.83. The molecule has 0 radical (unpaired) electrons. The van der Waals surface area contributed by atoms with E-state index in [2.05, 4.69) is 0 Å². The zero-order valence-corrected chi connectivity index (χ0v) is 11.7. The molecule has 2 atom stereocenters. The molecule has 120 valence electrons. The SMILES string of the molecule is O=C(O)[C@H]1CCCN1C(=O)CC(c1ccccc1)C(F)(F)F. The first-order valence-corrected chi connectivity index (χ1v) is 6.94. The Morgan fingerprint density at radius 3 is 2.45 bits per heavy atom. The number of benzene rings is 1. The second-order valence-corrected chi connectivity index (χ2v) is 5.29. The van der Waals surface area contributed by atoms with Gasteiger partial charge in [0.05, 0.1) is 5.92 Å². The van der Waals surface area contributed by atoms with Crippen molar-refractivity contribution < 1.29 is 27.9 Å². The standard InChI is InChI=1S/C15H16F3NO3/c16-15(17,18)11(10-5-2-1-3-6-10)9-13(20)19-8-4-7-12(19)14(21)22/h1-3,5-6,11-12H,4,7-9H2,(H,21,22)/t11?,12-/m1/s1. The Bertz CT molecular complexity index is 545. The van der Waals surface area contributed by atoms with Crippen molar-refractivity contribution in [2.45, 2.75) is 37.4 Å². The summed E-state index contributed by atoms with van der Waals surface area (Å²) in [4.78, 5) is 24.3. The van der Waals surface area contributed by atoms with Gasteiger partial charge in [-0.25, -0.2) is 4.79 Å². The third kappa shape index (κ3) is 3.58. The highest BCUT2D eigenvalue weighted by atomic mass is 19.4. The predicted octanol–water partition coefficient (Wildman–Crippen LogP) is 2.80. The molecule has 1 N–H and O–H groups in total. The number of carboxylic acids is 1. The molecule has 1 aliphatic rings. The van der Waals surface area contributed by atoms with Crippen LogP contribution in [0.3, 0.4) is 0 Å². The van der Waals surface area contributed by atoms with E-state index < -0.39 is 36.4 Å². The van der Waals surface area contributed by atoms with Crippen LogP contribution in [0.25, 0.3) is 0 Å². The first-order chi connectivity index (χ1) is 10.3. The van der Waals surface area contributed by atoms with E-state index in [4.69, 9.17) is 5.11 Å². The first-order valence-electron chi connectivity index (χ1n) is 6.94. The molecule has 1 aromatic carbocycles. The van der Waals surface area contributed by atoms with Gasteiger partial charge in [-0.05, 0) is 18.4 Å². The van der Waals surface area contributed by atoms with E-state index in [1.165, 1.54) is 24.3 Å². The number of nitrogens with zero attached hydrogens (tertiary/aromatic N) is 1. The van der Waals surface area contributed by atoms with Gasteiger partial charge < -0.3 is 10.0 Å². The van der Waals surface area contributed by atoms with E-state index in [1.54, 1.807) is 6.07 Å². The molecular weight excluding hydrogens is 299 g/mol. The highest BCUT2D eigenvalue weighted by Gasteiger charge is 2.44. The third-order valence-electron chi connectivity index (χ3n) is 3.83. The van der Waals surface area contributed by atoms with Gasteiger partial charge in [0.15, 0.2) is 0 Å². The summed E-state index contributed by atoms with van der Waals surface area (Å²) >= 11 is 0. The number of halogens is 3. The number of hydrogen-bond donors (Lipinski definition) is 1. The molecule has 7 heteroatoms. The minimum absolute atomic E-state index is 0.00872. The zero-order chi connectivity index (χ0) is 16.3. The maximum Gasteiger partial charge on any atom is 0.396 e. The van der Waals surface area contributed by atoms with Crippen LogP contribution in [0.4, 0.5) is 13.2 Å². The molecule has 1 aliphatic heterocycles. The Kier molecular flexibility index (Phi) is 4.73. The molecule has 0 aliphatic carbocycles. The number of carboxylic acid groups (broad SMARTS) is 1. The van der Waals surface area contributed by atoms with E-state index in [1.807, 2.05) is 0 Å². The van der Waals surface area contributed by atoms with Gasteiger partial charge in [0.25, 0.3) is 0 Å². The molecule has 1 unspecified atom stereocenters. The van der Waals surface area contributed by atoms with Crippen molar-refractivity contribution in [3.05, 3.63) is 35.9 Å². The normalized spacial score (nSPS) is 20.0. The fourth-order valence-electron chi connectivity index (χ4n) is 2.72. The first kappa shape index (κ1) is 16.3. The summed E-state index contributed by atoms with van der Waals surface area (Å²) in [6.07, 6.45) is -4.55. The smallest absolute Gasteiger partial charge is 0.396 e. The van der Waals surface area contributed by atoms with E-state index in [-0.39, 0.29) is 18.5 Å². The summed E-state index contributed by atoms with van der Waals surface area (Å²) in [5, 5.41) is 9.03. The van der Waals surface area contributed by atoms with E-state index in [9.17, 15) is 22.8 Å². The molecule has 2 rings (SSSR count). The van der Waals surface area contributed by atoms with Gasteiger partial charge in [0, 0.05) is 13.0 Å². The molecule has 0 spiro atoms. The van der Waals surface area contributed by atoms with Crippen molar-refractivity contribution in [3.63, 3.8) is 0 Å². The Balaban J connectivity index is 2.17. The lowest BCUT2D eigenvalue weighted by Crippen LogP contribution is -2.41. The van der Waals surface area contributed by atoms with Gasteiger partial charge in [-0.15, -0.1) is 0 Å². The highest BCUT2D eigenvalue weighted by Crippen LogP contribution is 2.38. The quantitative estimate of drug-likeness (QED) is 0.929. The van der Waals surface area contributed by atoms with E-state index in [0.29, 0.717) is 6.42 Å². The number of rotatable bonds is 4. The summed E-state index contributed by atoms with van der Waals surface area (Å²) in [6.45, 7) is 0.190. The number of carbonyl (C=O) groups is 2. The molecule has 1 fully saturated rings. The summed E-state index contributed by atoms with van der Waals surface area (Å²) < 4.78 is 39.7. The minimum Gasteiger partial charge on any atom is -0.480 e. The predicted molar refractivity (Wildman–Crippen MR) is 72.2 cm³/mol. The lowest BCUT2D eigenvalue weighted by molar-refractivity contribution is -0.162. The monoisotopic (exact) mass is 315 g/mol. The zero-order valence-electron chi connectivity index (χ0n) is 11.7. The van der Waals surface area contributed by atoms with E-state index >= 15 is 0 Å². The fraction of sp³-hybridized carbons (Fsp3) is 0.467. The van der Waals surface area contributed by atoms with Crippen LogP contribution < -0.4 is 0 Å². The number of carbonyl (C=O) groups excluding carboxylic acids is 1. The van der Waals surface area contributed by atoms with Gasteiger partial charge in [0.1, 0.15) is 6.04 Å². The molecule has 1 amide bonds. The van der Waals surface area contributed by atoms with Crippen molar-refractivity contribution in [2.24, 2.45) is 0 Å². The molecule has 0 saturated carbocycles. The van der Waals surface area contributed by atoms with Gasteiger partial charge in [-0.1, -0.05) is 30.3 Å². The summed E-state index contributed by atoms with van der Waals surface area (Å²) in [5.74, 6) is -3.86. The molecule has 0 aromatic heterocycles. The maximum atomic E-state index is 13.2. The van der Waals surface area contributed by atoms with E-state index in [0.717, 1.165) is 4.90 Å². The van der Waals surface area contributed by atoms with Gasteiger partial charge in [0.2, 0.25) is 5.91 Å². The second kappa shape index (κ2) is 6.37. The molecule has 22 heavy (non-hydrogen) atoms. The number of alkyl halides is 3. The topological polar surface area (TPSA) is 57.6 Å². The van der Waals surface area contributed by atoms with Crippen LogP contribution in [0.1, 0.15) is 30.7 Å². The average molecular weight is 315 g/mol. The summed E-state index contributed by atoms with van der Waals surface area (Å²) in [5.41, 5.74) is 0.00872. The Morgan fingerprint density at radius 1 is 1.27 bits per heavy atom. The minimum atomic E-state index is -4.56. The van der Waals surface area contributed by atoms with Crippen LogP contribution in [-0.2, 0) is 9.59 Å². The van der Waals surface area contributed by atoms with Crippen molar-refractivity contribution in [1.29, 1.82) is 0 Å². The van der Waals surface area contributed by atoms with Crippen LogP contribution >= 0.6 is 0 Å². The van der Waals surface area contributed by atoms with Gasteiger partial charge >= 0.3 is 12.1 Å². The Morgan fingerprint density at radius 2 is 1.91 bits per heavy atom. The van der Waals surface area contributed by atoms with Gasteiger partial charge in [-0.2, -0.15) is 13.2 Å². The van der Waals surface area contributed by atoms with Crippen molar-refractivity contribution in [1.82, 2.24) is 4.90 Å². The lowest BCUT2D eigenvalue weighted by atomic mass is 9.94. The van der Waals surface area contributed by atoms with Crippen LogP contribution in [-0.4, -0.2) is 40.6 Å². The molecule has 0 bridgehead atoms. The van der Waals surface area contributed by atoms with Crippen LogP contribution in [0.5, 0.6) is 0 Å². The van der Waals surface area contributed by atoms with Crippen molar-refractivity contribution >= 4 is 11.9 Å². The van der Waals surface area contributed by atoms with Crippen molar-refractivity contribution in [2.75, 3.05) is 6.54 Å². The van der Waals surface area contributed by atoms with Crippen LogP contribution in [0, 0.1) is 0 Å². The molecule has 1 saturated heterocycles. The number of aliphatic carboxylic acids is 1. The van der Waals surface area contributed by atoms with Crippen LogP contribution in [0.15, 0.2) is 30.3 Å². The molecule has 1 aromatic rings. The number of likely N-dealkylation sites (tertiary alicyclic amines) is 1. The molecular formula is C15H16F3NO3. The van der Waals surface area contributed by atoms with Gasteiger partial charge in [-0.3, -0.25) is 4.79 Å². The maximum absolute atomic E-state index is 13.2. The fourth-order valence-corrected chi connectivity index (χ4v) is 2.72. The number of hydrogen-bond acceptors (Lipinski definition) is 2. The summed E-state index contributed by atoms with van der Waals surface area (Å²) in [7, 11) is 0. The molecule has 1 heterocycles. The number of amides is 1. The Labute approximate surface area is 125 Å². The lowest BCUT2D eigenvalue weighted by Gasteiger charge is -2.26. The second-order valence-electron chi connectivity index (χ2n) is 5.29.